The minimum absolute atomic E-state index is 0.155. The van der Waals surface area contributed by atoms with Gasteiger partial charge in [-0.1, -0.05) is 30.3 Å². The lowest BCUT2D eigenvalue weighted by atomic mass is 10.1. The predicted octanol–water partition coefficient (Wildman–Crippen LogP) is 3.10. The van der Waals surface area contributed by atoms with E-state index < -0.39 is 0 Å². The molecule has 2 aromatic rings. The molecule has 0 aromatic heterocycles. The Bertz CT molecular complexity index is 881. The van der Waals surface area contributed by atoms with E-state index in [0.717, 1.165) is 37.4 Å². The number of amides is 2. The minimum atomic E-state index is -0.163. The molecule has 1 saturated heterocycles. The number of anilines is 1. The van der Waals surface area contributed by atoms with E-state index in [1.54, 1.807) is 12.1 Å². The van der Waals surface area contributed by atoms with E-state index in [2.05, 4.69) is 34.6 Å². The fourth-order valence-corrected chi connectivity index (χ4v) is 3.50. The zero-order valence-corrected chi connectivity index (χ0v) is 17.3. The number of carbonyl (C=O) groups excluding carboxylic acids is 2. The maximum absolute atomic E-state index is 12.6. The van der Waals surface area contributed by atoms with Crippen molar-refractivity contribution >= 4 is 17.5 Å². The van der Waals surface area contributed by atoms with Gasteiger partial charge in [-0.3, -0.25) is 14.5 Å². The Morgan fingerprint density at radius 1 is 1.17 bits per heavy atom. The highest BCUT2D eigenvalue weighted by atomic mass is 16.5. The summed E-state index contributed by atoms with van der Waals surface area (Å²) in [5, 5.41) is 5.73. The standard InChI is InChI=1S/C23H29N3O3/c1-16-7-8-21(12-22(16)25-18(3)27)23(28)24-13-19-5-4-6-20(11-19)15-26-9-10-29-17(2)14-26/h4-8,11-12,17H,9-10,13-15H2,1-3H3,(H,24,28)(H,25,27). The maximum Gasteiger partial charge on any atom is 0.251 e. The number of carbonyl (C=O) groups is 2. The molecule has 1 unspecified atom stereocenters. The molecular formula is C23H29N3O3. The van der Waals surface area contributed by atoms with Gasteiger partial charge in [0.2, 0.25) is 5.91 Å². The Morgan fingerprint density at radius 3 is 2.72 bits per heavy atom. The first kappa shape index (κ1) is 21.0. The number of morpholine rings is 1. The van der Waals surface area contributed by atoms with Crippen LogP contribution in [0.5, 0.6) is 0 Å². The van der Waals surface area contributed by atoms with Crippen molar-refractivity contribution in [3.8, 4) is 0 Å². The molecule has 0 bridgehead atoms. The van der Waals surface area contributed by atoms with Gasteiger partial charge in [-0.05, 0) is 42.7 Å². The molecule has 1 atom stereocenters. The molecule has 0 aliphatic carbocycles. The second kappa shape index (κ2) is 9.67. The monoisotopic (exact) mass is 395 g/mol. The second-order valence-corrected chi connectivity index (χ2v) is 7.63. The molecule has 1 aliphatic heterocycles. The third-order valence-electron chi connectivity index (χ3n) is 4.99. The largest absolute Gasteiger partial charge is 0.376 e. The summed E-state index contributed by atoms with van der Waals surface area (Å²) in [5.74, 6) is -0.318. The molecule has 6 nitrogen and oxygen atoms in total. The van der Waals surface area contributed by atoms with Crippen molar-refractivity contribution in [3.05, 3.63) is 64.7 Å². The lowest BCUT2D eigenvalue weighted by Crippen LogP contribution is -2.40. The first-order valence-corrected chi connectivity index (χ1v) is 9.99. The summed E-state index contributed by atoms with van der Waals surface area (Å²) in [5.41, 5.74) is 4.40. The number of rotatable bonds is 6. The van der Waals surface area contributed by atoms with Gasteiger partial charge in [0.25, 0.3) is 5.91 Å². The lowest BCUT2D eigenvalue weighted by Gasteiger charge is -2.31. The molecule has 3 rings (SSSR count). The number of ether oxygens (including phenoxy) is 1. The topological polar surface area (TPSA) is 70.7 Å². The Kier molecular flexibility index (Phi) is 7.01. The molecule has 29 heavy (non-hydrogen) atoms. The summed E-state index contributed by atoms with van der Waals surface area (Å²) >= 11 is 0. The van der Waals surface area contributed by atoms with E-state index in [4.69, 9.17) is 4.74 Å². The Morgan fingerprint density at radius 2 is 1.97 bits per heavy atom. The van der Waals surface area contributed by atoms with Crippen LogP contribution in [-0.2, 0) is 22.6 Å². The molecule has 1 heterocycles. The van der Waals surface area contributed by atoms with E-state index >= 15 is 0 Å². The molecule has 2 aromatic carbocycles. The van der Waals surface area contributed by atoms with Crippen molar-refractivity contribution in [2.45, 2.75) is 40.0 Å². The van der Waals surface area contributed by atoms with Crippen LogP contribution in [0, 0.1) is 6.92 Å². The van der Waals surface area contributed by atoms with Crippen LogP contribution in [0.15, 0.2) is 42.5 Å². The summed E-state index contributed by atoms with van der Waals surface area (Å²) < 4.78 is 5.60. The number of nitrogens with one attached hydrogen (secondary N) is 2. The summed E-state index contributed by atoms with van der Waals surface area (Å²) in [6.07, 6.45) is 0.267. The number of nitrogens with zero attached hydrogens (tertiary/aromatic N) is 1. The van der Waals surface area contributed by atoms with Crippen LogP contribution < -0.4 is 10.6 Å². The molecule has 0 spiro atoms. The average molecular weight is 396 g/mol. The highest BCUT2D eigenvalue weighted by molar-refractivity contribution is 5.97. The van der Waals surface area contributed by atoms with Crippen molar-refractivity contribution in [2.24, 2.45) is 0 Å². The highest BCUT2D eigenvalue weighted by Gasteiger charge is 2.16. The average Bonchev–Trinajstić information content (AvgIpc) is 2.68. The number of benzene rings is 2. The van der Waals surface area contributed by atoms with Crippen LogP contribution in [0.25, 0.3) is 0 Å². The fourth-order valence-electron chi connectivity index (χ4n) is 3.50. The van der Waals surface area contributed by atoms with Crippen molar-refractivity contribution in [3.63, 3.8) is 0 Å². The van der Waals surface area contributed by atoms with Gasteiger partial charge in [0.05, 0.1) is 12.7 Å². The van der Waals surface area contributed by atoms with Gasteiger partial charge in [0.1, 0.15) is 0 Å². The van der Waals surface area contributed by atoms with E-state index in [0.29, 0.717) is 17.8 Å². The smallest absolute Gasteiger partial charge is 0.251 e. The summed E-state index contributed by atoms with van der Waals surface area (Å²) in [4.78, 5) is 26.3. The van der Waals surface area contributed by atoms with Crippen molar-refractivity contribution < 1.29 is 14.3 Å². The van der Waals surface area contributed by atoms with Gasteiger partial charge in [-0.25, -0.2) is 0 Å². The predicted molar refractivity (Wildman–Crippen MR) is 114 cm³/mol. The van der Waals surface area contributed by atoms with E-state index in [1.807, 2.05) is 25.1 Å². The van der Waals surface area contributed by atoms with Gasteiger partial charge >= 0.3 is 0 Å². The third-order valence-corrected chi connectivity index (χ3v) is 4.99. The van der Waals surface area contributed by atoms with Crippen molar-refractivity contribution in [1.29, 1.82) is 0 Å². The van der Waals surface area contributed by atoms with Crippen molar-refractivity contribution in [2.75, 3.05) is 25.0 Å². The third kappa shape index (κ3) is 6.14. The Hall–Kier alpha value is -2.70. The van der Waals surface area contributed by atoms with Crippen LogP contribution in [0.1, 0.15) is 40.9 Å². The van der Waals surface area contributed by atoms with Crippen LogP contribution in [0.2, 0.25) is 0 Å². The first-order chi connectivity index (χ1) is 13.9. The summed E-state index contributed by atoms with van der Waals surface area (Å²) in [7, 11) is 0. The van der Waals surface area contributed by atoms with Gasteiger partial charge in [-0.15, -0.1) is 0 Å². The van der Waals surface area contributed by atoms with E-state index in [-0.39, 0.29) is 17.9 Å². The van der Waals surface area contributed by atoms with Gasteiger partial charge in [0.15, 0.2) is 0 Å². The molecule has 6 heteroatoms. The molecular weight excluding hydrogens is 366 g/mol. The van der Waals surface area contributed by atoms with Crippen LogP contribution in [0.4, 0.5) is 5.69 Å². The quantitative estimate of drug-likeness (QED) is 0.789. The summed E-state index contributed by atoms with van der Waals surface area (Å²) in [6.45, 7) is 9.43. The maximum atomic E-state index is 12.6. The van der Waals surface area contributed by atoms with Crippen LogP contribution >= 0.6 is 0 Å². The van der Waals surface area contributed by atoms with Crippen molar-refractivity contribution in [1.82, 2.24) is 10.2 Å². The molecule has 0 radical (unpaired) electrons. The molecule has 0 saturated carbocycles. The Labute approximate surface area is 172 Å². The van der Waals surface area contributed by atoms with Gasteiger partial charge < -0.3 is 15.4 Å². The molecule has 2 N–H and O–H groups in total. The van der Waals surface area contributed by atoms with Crippen LogP contribution in [0.3, 0.4) is 0 Å². The number of aryl methyl sites for hydroxylation is 1. The fraction of sp³-hybridized carbons (Fsp3) is 0.391. The zero-order valence-electron chi connectivity index (χ0n) is 17.3. The Balaban J connectivity index is 1.59. The van der Waals surface area contributed by atoms with E-state index in [9.17, 15) is 9.59 Å². The zero-order chi connectivity index (χ0) is 20.8. The minimum Gasteiger partial charge on any atom is -0.376 e. The SMILES string of the molecule is CC(=O)Nc1cc(C(=O)NCc2cccc(CN3CCOC(C)C3)c2)ccc1C. The highest BCUT2D eigenvalue weighted by Crippen LogP contribution is 2.17. The molecule has 2 amide bonds. The summed E-state index contributed by atoms with van der Waals surface area (Å²) in [6, 6.07) is 13.6. The number of hydrogen-bond acceptors (Lipinski definition) is 4. The molecule has 1 fully saturated rings. The molecule has 154 valence electrons. The normalized spacial score (nSPS) is 17.0. The molecule has 1 aliphatic rings. The lowest BCUT2D eigenvalue weighted by molar-refractivity contribution is -0.114. The van der Waals surface area contributed by atoms with Gasteiger partial charge in [-0.2, -0.15) is 0 Å². The number of hydrogen-bond donors (Lipinski definition) is 2. The second-order valence-electron chi connectivity index (χ2n) is 7.63. The van der Waals surface area contributed by atoms with E-state index in [1.165, 1.54) is 12.5 Å². The first-order valence-electron chi connectivity index (χ1n) is 9.99. The van der Waals surface area contributed by atoms with Crippen LogP contribution in [-0.4, -0.2) is 42.5 Å². The van der Waals surface area contributed by atoms with Gasteiger partial charge in [0, 0.05) is 44.4 Å².